The number of rotatable bonds is 1. The highest BCUT2D eigenvalue weighted by atomic mass is 13.9. The van der Waals surface area contributed by atoms with Crippen LogP contribution in [0.1, 0.15) is 6.42 Å². The van der Waals surface area contributed by atoms with Crippen LogP contribution in [0.4, 0.5) is 0 Å². The molecular formula is C6H8B. The predicted molar refractivity (Wildman–Crippen MR) is 33.5 cm³/mol. The lowest BCUT2D eigenvalue weighted by Gasteiger charge is -1.81. The molecule has 0 aliphatic heterocycles. The molecule has 1 rings (SSSR count). The van der Waals surface area contributed by atoms with Gasteiger partial charge in [-0.05, 0) is 12.5 Å². The van der Waals surface area contributed by atoms with Crippen molar-refractivity contribution in [2.45, 2.75) is 13.2 Å². The van der Waals surface area contributed by atoms with Crippen LogP contribution in [0.5, 0.6) is 0 Å². The first-order chi connectivity index (χ1) is 3.43. The van der Waals surface area contributed by atoms with Gasteiger partial charge in [-0.15, -0.1) is 0 Å². The Labute approximate surface area is 45.2 Å². The number of hydrogen-bond donors (Lipinski definition) is 0. The summed E-state index contributed by atoms with van der Waals surface area (Å²) in [5.41, 5.74) is 1.36. The van der Waals surface area contributed by atoms with Gasteiger partial charge >= 0.3 is 0 Å². The maximum absolute atomic E-state index is 3.21. The Balaban J connectivity index is 2.52. The fourth-order valence-corrected chi connectivity index (χ4v) is 0.693. The Morgan fingerprint density at radius 1 is 1.86 bits per heavy atom. The molecule has 0 aromatic rings. The maximum atomic E-state index is 3.21. The highest BCUT2D eigenvalue weighted by Crippen LogP contribution is 2.04. The smallest absolute Gasteiger partial charge is 0.0849 e. The standard InChI is InChI=1S/C6H8B/c1-7-6-4-2-3-5-6/h2,4,7H,3H2,1H3. The van der Waals surface area contributed by atoms with Crippen LogP contribution >= 0.6 is 0 Å². The molecule has 1 aliphatic carbocycles. The first kappa shape index (κ1) is 4.70. The molecule has 0 heterocycles. The van der Waals surface area contributed by atoms with E-state index in [0.717, 1.165) is 13.7 Å². The van der Waals surface area contributed by atoms with Crippen LogP contribution in [0.15, 0.2) is 17.6 Å². The normalized spacial score (nSPS) is 17.0. The molecule has 0 unspecified atom stereocenters. The van der Waals surface area contributed by atoms with Crippen molar-refractivity contribution in [3.63, 3.8) is 0 Å². The van der Waals surface area contributed by atoms with E-state index in [9.17, 15) is 0 Å². The lowest BCUT2D eigenvalue weighted by atomic mass is 9.73. The van der Waals surface area contributed by atoms with Crippen molar-refractivity contribution >= 4 is 7.28 Å². The Hall–Kier alpha value is -0.455. The summed E-state index contributed by atoms with van der Waals surface area (Å²) in [5, 5.41) is 0. The van der Waals surface area contributed by atoms with E-state index in [1.54, 1.807) is 0 Å². The van der Waals surface area contributed by atoms with Gasteiger partial charge in [-0.25, -0.2) is 0 Å². The molecule has 0 aromatic carbocycles. The molecule has 0 fully saturated rings. The fourth-order valence-electron chi connectivity index (χ4n) is 0.693. The molecule has 7 heavy (non-hydrogen) atoms. The van der Waals surface area contributed by atoms with Gasteiger partial charge in [0.2, 0.25) is 0 Å². The third-order valence-electron chi connectivity index (χ3n) is 1.15. The van der Waals surface area contributed by atoms with Gasteiger partial charge in [-0.3, -0.25) is 0 Å². The summed E-state index contributed by atoms with van der Waals surface area (Å²) in [7, 11) is 1.14. The zero-order chi connectivity index (χ0) is 5.11. The van der Waals surface area contributed by atoms with E-state index >= 15 is 0 Å². The summed E-state index contributed by atoms with van der Waals surface area (Å²) in [6.07, 6.45) is 8.52. The minimum atomic E-state index is 1.03. The van der Waals surface area contributed by atoms with Crippen molar-refractivity contribution in [3.05, 3.63) is 23.7 Å². The van der Waals surface area contributed by atoms with E-state index in [4.69, 9.17) is 0 Å². The van der Waals surface area contributed by atoms with Gasteiger partial charge in [0.1, 0.15) is 0 Å². The predicted octanol–water partition coefficient (Wildman–Crippen LogP) is 1.12. The van der Waals surface area contributed by atoms with Gasteiger partial charge in [-0.1, -0.05) is 24.4 Å². The Kier molecular flexibility index (Phi) is 1.35. The van der Waals surface area contributed by atoms with Gasteiger partial charge in [0.25, 0.3) is 0 Å². The van der Waals surface area contributed by atoms with Gasteiger partial charge in [0.05, 0.1) is 0 Å². The van der Waals surface area contributed by atoms with Crippen LogP contribution < -0.4 is 0 Å². The minimum Gasteiger partial charge on any atom is -0.0849 e. The summed E-state index contributed by atoms with van der Waals surface area (Å²) in [4.78, 5) is 0. The first-order valence-corrected chi connectivity index (χ1v) is 2.69. The van der Waals surface area contributed by atoms with Crippen LogP contribution in [0.2, 0.25) is 6.82 Å². The Bertz CT molecular complexity index is 111. The quantitative estimate of drug-likeness (QED) is 0.424. The average Bonchev–Trinajstić information content (AvgIpc) is 2.14. The van der Waals surface area contributed by atoms with E-state index in [1.165, 1.54) is 5.47 Å². The third kappa shape index (κ3) is 0.954. The van der Waals surface area contributed by atoms with Crippen LogP contribution in [0.3, 0.4) is 0 Å². The number of hydrogen-bond acceptors (Lipinski definition) is 0. The second-order valence-corrected chi connectivity index (χ2v) is 1.66. The van der Waals surface area contributed by atoms with Gasteiger partial charge in [0, 0.05) is 0 Å². The van der Waals surface area contributed by atoms with Gasteiger partial charge < -0.3 is 0 Å². The summed E-state index contributed by atoms with van der Waals surface area (Å²) in [5.74, 6) is 0. The number of allylic oxidation sites excluding steroid dienone is 4. The van der Waals surface area contributed by atoms with Crippen LogP contribution in [0, 0.1) is 6.08 Å². The van der Waals surface area contributed by atoms with Crippen molar-refractivity contribution in [1.82, 2.24) is 0 Å². The monoisotopic (exact) mass is 91.1 g/mol. The van der Waals surface area contributed by atoms with Crippen molar-refractivity contribution in [3.8, 4) is 0 Å². The molecule has 0 saturated heterocycles. The molecule has 35 valence electrons. The second-order valence-electron chi connectivity index (χ2n) is 1.66. The average molecular weight is 90.9 g/mol. The second kappa shape index (κ2) is 2.01. The maximum Gasteiger partial charge on any atom is 0.154 e. The SMILES string of the molecule is CBC1=[C]CC=C1. The molecule has 0 N–H and O–H groups in total. The molecule has 0 nitrogen and oxygen atoms in total. The van der Waals surface area contributed by atoms with E-state index in [1.807, 2.05) is 0 Å². The molecule has 0 amide bonds. The Morgan fingerprint density at radius 2 is 2.71 bits per heavy atom. The summed E-state index contributed by atoms with van der Waals surface area (Å²) in [6, 6.07) is 0. The molecular weight excluding hydrogens is 82.9 g/mol. The third-order valence-corrected chi connectivity index (χ3v) is 1.15. The summed E-state index contributed by atoms with van der Waals surface area (Å²) < 4.78 is 0. The molecule has 0 aromatic heterocycles. The van der Waals surface area contributed by atoms with Crippen LogP contribution in [-0.4, -0.2) is 7.28 Å². The molecule has 0 bridgehead atoms. The van der Waals surface area contributed by atoms with Gasteiger partial charge in [-0.2, -0.15) is 0 Å². The topological polar surface area (TPSA) is 0 Å². The summed E-state index contributed by atoms with van der Waals surface area (Å²) in [6.45, 7) is 2.15. The van der Waals surface area contributed by atoms with Crippen molar-refractivity contribution < 1.29 is 0 Å². The molecule has 0 spiro atoms. The largest absolute Gasteiger partial charge is 0.154 e. The van der Waals surface area contributed by atoms with E-state index in [2.05, 4.69) is 25.1 Å². The molecule has 1 heteroatoms. The molecule has 1 radical (unpaired) electrons. The lowest BCUT2D eigenvalue weighted by molar-refractivity contribution is 1.39. The molecule has 0 saturated carbocycles. The van der Waals surface area contributed by atoms with Gasteiger partial charge in [0.15, 0.2) is 7.28 Å². The van der Waals surface area contributed by atoms with Crippen molar-refractivity contribution in [1.29, 1.82) is 0 Å². The fraction of sp³-hybridized carbons (Fsp3) is 0.333. The zero-order valence-corrected chi connectivity index (χ0v) is 4.57. The highest BCUT2D eigenvalue weighted by Gasteiger charge is 1.92. The minimum absolute atomic E-state index is 1.03. The Morgan fingerprint density at radius 3 is 3.00 bits per heavy atom. The van der Waals surface area contributed by atoms with Crippen molar-refractivity contribution in [2.75, 3.05) is 0 Å². The molecule has 0 atom stereocenters. The van der Waals surface area contributed by atoms with Crippen LogP contribution in [0.25, 0.3) is 0 Å². The van der Waals surface area contributed by atoms with E-state index in [0.29, 0.717) is 0 Å². The zero-order valence-electron chi connectivity index (χ0n) is 4.57. The molecule has 1 aliphatic rings. The van der Waals surface area contributed by atoms with Crippen LogP contribution in [-0.2, 0) is 0 Å². The highest BCUT2D eigenvalue weighted by molar-refractivity contribution is 6.44. The first-order valence-electron chi connectivity index (χ1n) is 2.69. The van der Waals surface area contributed by atoms with E-state index in [-0.39, 0.29) is 0 Å². The van der Waals surface area contributed by atoms with Crippen molar-refractivity contribution in [2.24, 2.45) is 0 Å². The van der Waals surface area contributed by atoms with E-state index < -0.39 is 0 Å². The summed E-state index contributed by atoms with van der Waals surface area (Å²) >= 11 is 0. The lowest BCUT2D eigenvalue weighted by Crippen LogP contribution is -1.80.